The summed E-state index contributed by atoms with van der Waals surface area (Å²) in [6.45, 7) is 2.10. The van der Waals surface area contributed by atoms with E-state index in [0.29, 0.717) is 0 Å². The van der Waals surface area contributed by atoms with Crippen LogP contribution in [-0.4, -0.2) is 17.0 Å². The number of nitrogens with one attached hydrogen (secondary N) is 1. The van der Waals surface area contributed by atoms with Crippen molar-refractivity contribution in [2.24, 2.45) is 0 Å². The second-order valence-corrected chi connectivity index (χ2v) is 4.54. The Labute approximate surface area is 112 Å². The lowest BCUT2D eigenvalue weighted by atomic mass is 10.0. The van der Waals surface area contributed by atoms with Gasteiger partial charge < -0.3 is 5.32 Å². The van der Waals surface area contributed by atoms with Crippen molar-refractivity contribution in [2.75, 3.05) is 12.4 Å². The number of hydrogen-bond donors (Lipinski definition) is 1. The van der Waals surface area contributed by atoms with Crippen LogP contribution in [0.5, 0.6) is 0 Å². The molecule has 0 fully saturated rings. The largest absolute Gasteiger partial charge is 0.388 e. The van der Waals surface area contributed by atoms with E-state index in [0.717, 1.165) is 27.8 Å². The fourth-order valence-corrected chi connectivity index (χ4v) is 2.17. The number of rotatable bonds is 2. The summed E-state index contributed by atoms with van der Waals surface area (Å²) in [5.74, 6) is 0. The molecule has 0 saturated carbocycles. The maximum atomic E-state index is 4.71. The molecule has 3 aromatic rings. The standard InChI is InChI=1S/C16H15N3/c1-11-3-5-13(17-2)9-14(11)16-6-4-12-10-18-8-7-15(12)19-16/h3-10,17H,1-2H3. The van der Waals surface area contributed by atoms with Crippen molar-refractivity contribution in [3.05, 3.63) is 54.4 Å². The summed E-state index contributed by atoms with van der Waals surface area (Å²) in [5, 5.41) is 4.23. The Kier molecular flexibility index (Phi) is 2.88. The third kappa shape index (κ3) is 2.15. The van der Waals surface area contributed by atoms with Crippen LogP contribution in [0, 0.1) is 6.92 Å². The van der Waals surface area contributed by atoms with Crippen molar-refractivity contribution in [3.8, 4) is 11.3 Å². The number of benzene rings is 1. The SMILES string of the molecule is CNc1ccc(C)c(-c2ccc3cnccc3n2)c1. The number of aromatic nitrogens is 2. The van der Waals surface area contributed by atoms with Crippen LogP contribution in [-0.2, 0) is 0 Å². The van der Waals surface area contributed by atoms with Gasteiger partial charge in [0, 0.05) is 36.1 Å². The quantitative estimate of drug-likeness (QED) is 0.753. The first-order valence-corrected chi connectivity index (χ1v) is 6.27. The highest BCUT2D eigenvalue weighted by atomic mass is 14.8. The second kappa shape index (κ2) is 4.69. The summed E-state index contributed by atoms with van der Waals surface area (Å²) < 4.78 is 0. The van der Waals surface area contributed by atoms with Crippen LogP contribution in [0.1, 0.15) is 5.56 Å². The first kappa shape index (κ1) is 11.7. The maximum Gasteiger partial charge on any atom is 0.0740 e. The molecule has 19 heavy (non-hydrogen) atoms. The van der Waals surface area contributed by atoms with Crippen molar-refractivity contribution in [3.63, 3.8) is 0 Å². The van der Waals surface area contributed by atoms with Crippen LogP contribution in [0.3, 0.4) is 0 Å². The highest BCUT2D eigenvalue weighted by molar-refractivity contribution is 5.81. The van der Waals surface area contributed by atoms with Gasteiger partial charge in [-0.1, -0.05) is 6.07 Å². The molecule has 1 aromatic carbocycles. The smallest absolute Gasteiger partial charge is 0.0740 e. The molecule has 0 amide bonds. The maximum absolute atomic E-state index is 4.71. The number of aryl methyl sites for hydroxylation is 1. The molecule has 0 unspecified atom stereocenters. The van der Waals surface area contributed by atoms with E-state index in [9.17, 15) is 0 Å². The van der Waals surface area contributed by atoms with Crippen LogP contribution in [0.4, 0.5) is 5.69 Å². The van der Waals surface area contributed by atoms with E-state index in [4.69, 9.17) is 4.98 Å². The Morgan fingerprint density at radius 3 is 2.79 bits per heavy atom. The predicted octanol–water partition coefficient (Wildman–Crippen LogP) is 3.65. The molecule has 0 radical (unpaired) electrons. The summed E-state index contributed by atoms with van der Waals surface area (Å²) in [6.07, 6.45) is 3.61. The molecule has 0 aliphatic carbocycles. The zero-order valence-electron chi connectivity index (χ0n) is 11.0. The van der Waals surface area contributed by atoms with Gasteiger partial charge in [0.1, 0.15) is 0 Å². The fourth-order valence-electron chi connectivity index (χ4n) is 2.17. The first-order chi connectivity index (χ1) is 9.28. The van der Waals surface area contributed by atoms with Crippen LogP contribution < -0.4 is 5.32 Å². The summed E-state index contributed by atoms with van der Waals surface area (Å²) in [7, 11) is 1.92. The minimum Gasteiger partial charge on any atom is -0.388 e. The van der Waals surface area contributed by atoms with Gasteiger partial charge in [-0.3, -0.25) is 4.98 Å². The highest BCUT2D eigenvalue weighted by Crippen LogP contribution is 2.26. The average Bonchev–Trinajstić information content (AvgIpc) is 2.47. The summed E-state index contributed by atoms with van der Waals surface area (Å²) in [4.78, 5) is 8.82. The monoisotopic (exact) mass is 249 g/mol. The van der Waals surface area contributed by atoms with Crippen molar-refractivity contribution < 1.29 is 0 Å². The van der Waals surface area contributed by atoms with E-state index in [2.05, 4.69) is 41.5 Å². The van der Waals surface area contributed by atoms with Gasteiger partial charge in [-0.15, -0.1) is 0 Å². The molecule has 3 nitrogen and oxygen atoms in total. The molecule has 3 rings (SSSR count). The molecular weight excluding hydrogens is 234 g/mol. The topological polar surface area (TPSA) is 37.8 Å². The van der Waals surface area contributed by atoms with Gasteiger partial charge in [-0.05, 0) is 42.8 Å². The summed E-state index contributed by atoms with van der Waals surface area (Å²) in [6, 6.07) is 12.4. The summed E-state index contributed by atoms with van der Waals surface area (Å²) in [5.41, 5.74) is 5.44. The number of pyridine rings is 2. The lowest BCUT2D eigenvalue weighted by molar-refractivity contribution is 1.31. The van der Waals surface area contributed by atoms with Crippen LogP contribution >= 0.6 is 0 Å². The fraction of sp³-hybridized carbons (Fsp3) is 0.125. The highest BCUT2D eigenvalue weighted by Gasteiger charge is 2.05. The minimum absolute atomic E-state index is 0.974. The van der Waals surface area contributed by atoms with E-state index in [-0.39, 0.29) is 0 Å². The molecule has 0 atom stereocenters. The predicted molar refractivity (Wildman–Crippen MR) is 79.3 cm³/mol. The Morgan fingerprint density at radius 1 is 1.05 bits per heavy atom. The van der Waals surface area contributed by atoms with Gasteiger partial charge in [-0.2, -0.15) is 0 Å². The molecule has 0 aliphatic rings. The Hall–Kier alpha value is -2.42. The van der Waals surface area contributed by atoms with Crippen molar-refractivity contribution in [1.29, 1.82) is 0 Å². The number of fused-ring (bicyclic) bond motifs is 1. The van der Waals surface area contributed by atoms with Crippen LogP contribution in [0.15, 0.2) is 48.8 Å². The van der Waals surface area contributed by atoms with E-state index < -0.39 is 0 Å². The lowest BCUT2D eigenvalue weighted by Gasteiger charge is -2.09. The molecule has 0 aliphatic heterocycles. The Balaban J connectivity index is 2.18. The lowest BCUT2D eigenvalue weighted by Crippen LogP contribution is -1.92. The molecule has 2 aromatic heterocycles. The third-order valence-corrected chi connectivity index (χ3v) is 3.29. The minimum atomic E-state index is 0.974. The number of nitrogens with zero attached hydrogens (tertiary/aromatic N) is 2. The third-order valence-electron chi connectivity index (χ3n) is 3.29. The average molecular weight is 249 g/mol. The van der Waals surface area contributed by atoms with Crippen LogP contribution in [0.2, 0.25) is 0 Å². The molecule has 0 bridgehead atoms. The normalized spacial score (nSPS) is 10.6. The van der Waals surface area contributed by atoms with Crippen LogP contribution in [0.25, 0.3) is 22.2 Å². The second-order valence-electron chi connectivity index (χ2n) is 4.54. The van der Waals surface area contributed by atoms with Crippen molar-refractivity contribution in [2.45, 2.75) is 6.92 Å². The molecule has 0 saturated heterocycles. The van der Waals surface area contributed by atoms with Crippen molar-refractivity contribution >= 4 is 16.6 Å². The Bertz CT molecular complexity index is 735. The van der Waals surface area contributed by atoms with Gasteiger partial charge in [-0.25, -0.2) is 4.98 Å². The molecule has 0 spiro atoms. The van der Waals surface area contributed by atoms with E-state index in [1.54, 1.807) is 6.20 Å². The van der Waals surface area contributed by atoms with E-state index in [1.165, 1.54) is 5.56 Å². The number of hydrogen-bond acceptors (Lipinski definition) is 3. The van der Waals surface area contributed by atoms with Gasteiger partial charge in [0.2, 0.25) is 0 Å². The zero-order valence-corrected chi connectivity index (χ0v) is 11.0. The van der Waals surface area contributed by atoms with Crippen molar-refractivity contribution in [1.82, 2.24) is 9.97 Å². The van der Waals surface area contributed by atoms with Gasteiger partial charge in [0.25, 0.3) is 0 Å². The van der Waals surface area contributed by atoms with Gasteiger partial charge in [0.15, 0.2) is 0 Å². The van der Waals surface area contributed by atoms with E-state index >= 15 is 0 Å². The van der Waals surface area contributed by atoms with Gasteiger partial charge >= 0.3 is 0 Å². The molecular formula is C16H15N3. The molecule has 1 N–H and O–H groups in total. The first-order valence-electron chi connectivity index (χ1n) is 6.27. The summed E-state index contributed by atoms with van der Waals surface area (Å²) >= 11 is 0. The number of anilines is 1. The molecule has 2 heterocycles. The molecule has 3 heteroatoms. The Morgan fingerprint density at radius 2 is 1.95 bits per heavy atom. The zero-order chi connectivity index (χ0) is 13.2. The van der Waals surface area contributed by atoms with E-state index in [1.807, 2.05) is 25.4 Å². The van der Waals surface area contributed by atoms with Gasteiger partial charge in [0.05, 0.1) is 11.2 Å². The molecule has 94 valence electrons.